The number of methoxy groups -OCH3 is 1. The van der Waals surface area contributed by atoms with Crippen LogP contribution in [0.4, 0.5) is 0 Å². The number of nitrogens with zero attached hydrogens (tertiary/aromatic N) is 4. The Balaban J connectivity index is 2.04. The van der Waals surface area contributed by atoms with Crippen LogP contribution in [0.25, 0.3) is 11.0 Å². The van der Waals surface area contributed by atoms with Crippen molar-refractivity contribution < 1.29 is 9.53 Å². The summed E-state index contributed by atoms with van der Waals surface area (Å²) in [5.74, 6) is -0.174. The molecule has 0 fully saturated rings. The maximum absolute atomic E-state index is 12.6. The van der Waals surface area contributed by atoms with Crippen molar-refractivity contribution in [3.63, 3.8) is 0 Å². The molecule has 0 aliphatic heterocycles. The quantitative estimate of drug-likeness (QED) is 0.627. The number of carbonyl (C=O) groups is 1. The number of carbonyl (C=O) groups excluding carboxylic acids is 1. The van der Waals surface area contributed by atoms with E-state index in [1.54, 1.807) is 31.6 Å². The highest BCUT2D eigenvalue weighted by molar-refractivity contribution is 9.10. The lowest BCUT2D eigenvalue weighted by atomic mass is 10.1. The van der Waals surface area contributed by atoms with E-state index in [1.165, 1.54) is 0 Å². The highest BCUT2D eigenvalue weighted by Gasteiger charge is 2.23. The Morgan fingerprint density at radius 3 is 2.71 bits per heavy atom. The average molecular weight is 389 g/mol. The first-order valence-corrected chi connectivity index (χ1v) is 8.21. The fraction of sp³-hybridized carbons (Fsp3) is 0.294. The van der Waals surface area contributed by atoms with Crippen molar-refractivity contribution in [3.8, 4) is 0 Å². The molecule has 0 saturated heterocycles. The lowest BCUT2D eigenvalue weighted by Crippen LogP contribution is -2.31. The Hall–Kier alpha value is -2.12. The number of halogens is 1. The Kier molecular flexibility index (Phi) is 4.47. The van der Waals surface area contributed by atoms with Gasteiger partial charge >= 0.3 is 0 Å². The number of rotatable bonds is 5. The smallest absolute Gasteiger partial charge is 0.248 e. The summed E-state index contributed by atoms with van der Waals surface area (Å²) in [6.07, 6.45) is 5.18. The molecule has 0 bridgehead atoms. The van der Waals surface area contributed by atoms with Gasteiger partial charge < -0.3 is 9.30 Å². The lowest BCUT2D eigenvalue weighted by molar-refractivity contribution is 0.102. The zero-order chi connectivity index (χ0) is 17.3. The van der Waals surface area contributed by atoms with Gasteiger partial charge in [0.15, 0.2) is 0 Å². The fourth-order valence-electron chi connectivity index (χ4n) is 2.56. The molecular formula is C17H17BrN4O2. The van der Waals surface area contributed by atoms with Crippen LogP contribution in [0.5, 0.6) is 0 Å². The molecule has 0 N–H and O–H groups in total. The molecular weight excluding hydrogens is 372 g/mol. The van der Waals surface area contributed by atoms with Crippen LogP contribution in [0, 0.1) is 0 Å². The van der Waals surface area contributed by atoms with E-state index in [4.69, 9.17) is 4.74 Å². The number of hydrogen-bond donors (Lipinski definition) is 0. The van der Waals surface area contributed by atoms with Crippen LogP contribution < -0.4 is 0 Å². The molecule has 0 aromatic carbocycles. The van der Waals surface area contributed by atoms with E-state index < -0.39 is 0 Å². The summed E-state index contributed by atoms with van der Waals surface area (Å²) in [5, 5.41) is 0.875. The second-order valence-corrected chi connectivity index (χ2v) is 7.01. The minimum Gasteiger partial charge on any atom is -0.382 e. The molecule has 0 radical (unpaired) electrons. The van der Waals surface area contributed by atoms with Gasteiger partial charge in [-0.25, -0.2) is 9.97 Å². The molecule has 0 atom stereocenters. The van der Waals surface area contributed by atoms with E-state index >= 15 is 0 Å². The molecule has 0 saturated carbocycles. The van der Waals surface area contributed by atoms with Gasteiger partial charge in [0, 0.05) is 35.6 Å². The number of aromatic nitrogens is 4. The normalized spacial score (nSPS) is 11.8. The maximum Gasteiger partial charge on any atom is 0.248 e. The molecule has 0 aliphatic rings. The lowest BCUT2D eigenvalue weighted by Gasteiger charge is -2.26. The van der Waals surface area contributed by atoms with Gasteiger partial charge in [-0.15, -0.1) is 0 Å². The summed E-state index contributed by atoms with van der Waals surface area (Å²) in [6, 6.07) is 5.34. The van der Waals surface area contributed by atoms with Crippen molar-refractivity contribution in [3.05, 3.63) is 52.8 Å². The van der Waals surface area contributed by atoms with Crippen LogP contribution in [0.3, 0.4) is 0 Å². The molecule has 124 valence electrons. The third kappa shape index (κ3) is 3.09. The Bertz CT molecular complexity index is 887. The first-order chi connectivity index (χ1) is 11.4. The summed E-state index contributed by atoms with van der Waals surface area (Å²) >= 11 is 3.30. The predicted molar refractivity (Wildman–Crippen MR) is 94.1 cm³/mol. The van der Waals surface area contributed by atoms with Crippen LogP contribution >= 0.6 is 15.9 Å². The standard InChI is InChI=1S/C17H17BrN4O2/c1-17(2,10-24-3)22-7-6-11-8-20-15(21-16(11)22)14(23)13-5-4-12(18)9-19-13/h4-9H,10H2,1-3H3. The minimum absolute atomic E-state index is 0.130. The summed E-state index contributed by atoms with van der Waals surface area (Å²) < 4.78 is 8.10. The van der Waals surface area contributed by atoms with Crippen molar-refractivity contribution >= 4 is 32.7 Å². The number of hydrogen-bond acceptors (Lipinski definition) is 5. The van der Waals surface area contributed by atoms with Gasteiger partial charge in [-0.3, -0.25) is 9.78 Å². The van der Waals surface area contributed by atoms with Gasteiger partial charge in [-0.2, -0.15) is 0 Å². The number of ketones is 1. The summed E-state index contributed by atoms with van der Waals surface area (Å²) in [7, 11) is 1.66. The van der Waals surface area contributed by atoms with Crippen LogP contribution in [-0.4, -0.2) is 39.0 Å². The summed E-state index contributed by atoms with van der Waals surface area (Å²) in [4.78, 5) is 25.4. The molecule has 3 rings (SSSR count). The number of pyridine rings is 1. The SMILES string of the molecule is COCC(C)(C)n1ccc2cnc(C(=O)c3ccc(Br)cn3)nc21. The molecule has 3 aromatic heterocycles. The minimum atomic E-state index is -0.304. The summed E-state index contributed by atoms with van der Waals surface area (Å²) in [6.45, 7) is 4.63. The molecule has 24 heavy (non-hydrogen) atoms. The molecule has 3 aromatic rings. The molecule has 0 aliphatic carbocycles. The predicted octanol–water partition coefficient (Wildman–Crippen LogP) is 3.20. The van der Waals surface area contributed by atoms with E-state index in [9.17, 15) is 4.79 Å². The molecule has 0 amide bonds. The van der Waals surface area contributed by atoms with E-state index in [2.05, 4.69) is 44.7 Å². The van der Waals surface area contributed by atoms with Crippen molar-refractivity contribution in [1.82, 2.24) is 19.5 Å². The third-order valence-corrected chi connectivity index (χ3v) is 4.21. The van der Waals surface area contributed by atoms with Crippen molar-refractivity contribution in [2.45, 2.75) is 19.4 Å². The number of fused-ring (bicyclic) bond motifs is 1. The van der Waals surface area contributed by atoms with Crippen molar-refractivity contribution in [2.75, 3.05) is 13.7 Å². The topological polar surface area (TPSA) is 69.9 Å². The molecule has 6 nitrogen and oxygen atoms in total. The van der Waals surface area contributed by atoms with Gasteiger partial charge in [0.2, 0.25) is 11.6 Å². The monoisotopic (exact) mass is 388 g/mol. The van der Waals surface area contributed by atoms with Crippen molar-refractivity contribution in [1.29, 1.82) is 0 Å². The van der Waals surface area contributed by atoms with Crippen LogP contribution in [-0.2, 0) is 10.3 Å². The van der Waals surface area contributed by atoms with Crippen LogP contribution in [0.15, 0.2) is 41.3 Å². The Morgan fingerprint density at radius 1 is 1.25 bits per heavy atom. The van der Waals surface area contributed by atoms with E-state index in [1.807, 2.05) is 16.8 Å². The third-order valence-electron chi connectivity index (χ3n) is 3.74. The first kappa shape index (κ1) is 16.7. The largest absolute Gasteiger partial charge is 0.382 e. The van der Waals surface area contributed by atoms with Gasteiger partial charge in [0.05, 0.1) is 12.1 Å². The van der Waals surface area contributed by atoms with Crippen LogP contribution in [0.1, 0.15) is 30.2 Å². The van der Waals surface area contributed by atoms with E-state index in [0.717, 1.165) is 9.86 Å². The summed E-state index contributed by atoms with van der Waals surface area (Å²) in [5.41, 5.74) is 0.723. The molecule has 7 heteroatoms. The first-order valence-electron chi connectivity index (χ1n) is 7.42. The molecule has 0 spiro atoms. The van der Waals surface area contributed by atoms with E-state index in [-0.39, 0.29) is 17.1 Å². The Morgan fingerprint density at radius 2 is 2.04 bits per heavy atom. The van der Waals surface area contributed by atoms with Crippen LogP contribution in [0.2, 0.25) is 0 Å². The fourth-order valence-corrected chi connectivity index (χ4v) is 2.80. The second-order valence-electron chi connectivity index (χ2n) is 6.09. The Labute approximate surface area is 148 Å². The van der Waals surface area contributed by atoms with Gasteiger partial charge in [0.1, 0.15) is 11.3 Å². The van der Waals surface area contributed by atoms with Gasteiger partial charge in [-0.05, 0) is 48.0 Å². The highest BCUT2D eigenvalue weighted by atomic mass is 79.9. The van der Waals surface area contributed by atoms with E-state index in [0.29, 0.717) is 17.9 Å². The average Bonchev–Trinajstić information content (AvgIpc) is 2.98. The zero-order valence-electron chi connectivity index (χ0n) is 13.7. The maximum atomic E-state index is 12.6. The van der Waals surface area contributed by atoms with Gasteiger partial charge in [0.25, 0.3) is 0 Å². The number of ether oxygens (including phenoxy) is 1. The van der Waals surface area contributed by atoms with Gasteiger partial charge in [-0.1, -0.05) is 0 Å². The second kappa shape index (κ2) is 6.41. The molecule has 3 heterocycles. The molecule has 0 unspecified atom stereocenters. The van der Waals surface area contributed by atoms with Crippen molar-refractivity contribution in [2.24, 2.45) is 0 Å². The highest BCUT2D eigenvalue weighted by Crippen LogP contribution is 2.23. The zero-order valence-corrected chi connectivity index (χ0v) is 15.2.